The van der Waals surface area contributed by atoms with Gasteiger partial charge in [-0.25, -0.2) is 4.79 Å². The summed E-state index contributed by atoms with van der Waals surface area (Å²) in [5.74, 6) is -2.38. The highest BCUT2D eigenvalue weighted by Crippen LogP contribution is 2.34. The number of benzene rings is 2. The zero-order chi connectivity index (χ0) is 21.1. The third-order valence-corrected chi connectivity index (χ3v) is 4.94. The van der Waals surface area contributed by atoms with Gasteiger partial charge >= 0.3 is 5.97 Å². The fourth-order valence-electron chi connectivity index (χ4n) is 2.57. The molecule has 0 unspecified atom stereocenters. The Morgan fingerprint density at radius 2 is 1.90 bits per heavy atom. The van der Waals surface area contributed by atoms with Crippen molar-refractivity contribution in [3.05, 3.63) is 63.6 Å². The van der Waals surface area contributed by atoms with Gasteiger partial charge in [-0.15, -0.1) is 0 Å². The molecular formula is C19H12Cl2N2O5S. The average molecular weight is 451 g/mol. The number of thiocarbonyl (C=S) groups is 1. The van der Waals surface area contributed by atoms with E-state index in [9.17, 15) is 14.4 Å². The van der Waals surface area contributed by atoms with Gasteiger partial charge in [-0.1, -0.05) is 47.5 Å². The van der Waals surface area contributed by atoms with Crippen molar-refractivity contribution in [3.63, 3.8) is 0 Å². The molecule has 0 bridgehead atoms. The molecule has 0 atom stereocenters. The molecule has 1 saturated heterocycles. The third-order valence-electron chi connectivity index (χ3n) is 3.84. The molecular weight excluding hydrogens is 439 g/mol. The third kappa shape index (κ3) is 4.40. The van der Waals surface area contributed by atoms with Crippen LogP contribution in [0.5, 0.6) is 5.75 Å². The average Bonchev–Trinajstić information content (AvgIpc) is 2.67. The molecule has 2 amide bonds. The van der Waals surface area contributed by atoms with Crippen LogP contribution >= 0.6 is 35.4 Å². The second-order valence-corrected chi connectivity index (χ2v) is 6.92. The Labute approximate surface area is 180 Å². The van der Waals surface area contributed by atoms with Crippen LogP contribution in [0.3, 0.4) is 0 Å². The van der Waals surface area contributed by atoms with Gasteiger partial charge in [-0.05, 0) is 36.5 Å². The number of aliphatic carboxylic acids is 1. The smallest absolute Gasteiger partial charge is 0.341 e. The second-order valence-electron chi connectivity index (χ2n) is 5.75. The number of hydrogen-bond acceptors (Lipinski definition) is 5. The summed E-state index contributed by atoms with van der Waals surface area (Å²) in [7, 11) is 0. The molecule has 0 aliphatic carbocycles. The molecule has 2 N–H and O–H groups in total. The molecule has 10 heteroatoms. The molecule has 1 heterocycles. The van der Waals surface area contributed by atoms with Crippen LogP contribution in [0.15, 0.2) is 48.0 Å². The lowest BCUT2D eigenvalue weighted by Gasteiger charge is -2.29. The summed E-state index contributed by atoms with van der Waals surface area (Å²) >= 11 is 17.4. The van der Waals surface area contributed by atoms with Gasteiger partial charge in [0.2, 0.25) is 0 Å². The summed E-state index contributed by atoms with van der Waals surface area (Å²) in [5, 5.41) is 11.4. The van der Waals surface area contributed by atoms with E-state index in [0.29, 0.717) is 5.56 Å². The highest BCUT2D eigenvalue weighted by Gasteiger charge is 2.35. The number of nitrogens with one attached hydrogen (secondary N) is 1. The minimum Gasteiger partial charge on any atom is -0.481 e. The fourth-order valence-corrected chi connectivity index (χ4v) is 3.22. The fraction of sp³-hybridized carbons (Fsp3) is 0.0526. The van der Waals surface area contributed by atoms with Gasteiger partial charge in [0.05, 0.1) is 15.7 Å². The summed E-state index contributed by atoms with van der Waals surface area (Å²) in [5.41, 5.74) is 0.328. The minimum absolute atomic E-state index is 0.102. The number of rotatable bonds is 5. The van der Waals surface area contributed by atoms with Gasteiger partial charge in [0.1, 0.15) is 11.3 Å². The number of carbonyl (C=O) groups excluding carboxylic acids is 2. The summed E-state index contributed by atoms with van der Waals surface area (Å²) in [6.07, 6.45) is 1.29. The van der Waals surface area contributed by atoms with Crippen LogP contribution in [0.25, 0.3) is 6.08 Å². The van der Waals surface area contributed by atoms with Gasteiger partial charge in [0.15, 0.2) is 11.7 Å². The standard InChI is InChI=1S/C19H12Cl2N2O5S/c20-12-5-3-6-13(16(12)21)23-18(27)11(17(26)22-19(23)29)8-10-4-1-2-7-14(10)28-9-15(24)25/h1-8H,9H2,(H,24,25)(H,22,26,29)/b11-8+. The van der Waals surface area contributed by atoms with Crippen LogP contribution in [0.2, 0.25) is 10.0 Å². The Morgan fingerprint density at radius 1 is 1.17 bits per heavy atom. The van der Waals surface area contributed by atoms with Crippen molar-refractivity contribution < 1.29 is 24.2 Å². The molecule has 0 spiro atoms. The molecule has 2 aromatic rings. The minimum atomic E-state index is -1.16. The predicted molar refractivity (Wildman–Crippen MR) is 112 cm³/mol. The van der Waals surface area contributed by atoms with Crippen LogP contribution in [0, 0.1) is 0 Å². The molecule has 0 saturated carbocycles. The lowest BCUT2D eigenvalue weighted by atomic mass is 10.1. The molecule has 7 nitrogen and oxygen atoms in total. The van der Waals surface area contributed by atoms with E-state index in [1.165, 1.54) is 18.2 Å². The van der Waals surface area contributed by atoms with Crippen molar-refractivity contribution in [2.75, 3.05) is 11.5 Å². The van der Waals surface area contributed by atoms with Gasteiger partial charge in [0.25, 0.3) is 11.8 Å². The number of carboxylic acid groups (broad SMARTS) is 1. The van der Waals surface area contributed by atoms with E-state index in [1.807, 2.05) is 0 Å². The molecule has 1 aliphatic heterocycles. The Morgan fingerprint density at radius 3 is 2.62 bits per heavy atom. The van der Waals surface area contributed by atoms with Gasteiger partial charge in [0, 0.05) is 5.56 Å². The van der Waals surface area contributed by atoms with E-state index < -0.39 is 24.4 Å². The van der Waals surface area contributed by atoms with Crippen molar-refractivity contribution in [3.8, 4) is 5.75 Å². The van der Waals surface area contributed by atoms with Crippen molar-refractivity contribution >= 4 is 70.1 Å². The number of ether oxygens (including phenoxy) is 1. The molecule has 1 aliphatic rings. The lowest BCUT2D eigenvalue weighted by Crippen LogP contribution is -2.54. The maximum atomic E-state index is 13.1. The number of para-hydroxylation sites is 1. The van der Waals surface area contributed by atoms with E-state index in [2.05, 4.69) is 5.32 Å². The Balaban J connectivity index is 2.03. The normalized spacial score (nSPS) is 15.4. The summed E-state index contributed by atoms with van der Waals surface area (Å²) in [6, 6.07) is 11.1. The van der Waals surface area contributed by atoms with Crippen LogP contribution in [-0.2, 0) is 14.4 Å². The van der Waals surface area contributed by atoms with Crippen molar-refractivity contribution in [2.45, 2.75) is 0 Å². The first-order valence-electron chi connectivity index (χ1n) is 8.08. The lowest BCUT2D eigenvalue weighted by molar-refractivity contribution is -0.139. The molecule has 3 rings (SSSR count). The van der Waals surface area contributed by atoms with E-state index in [1.54, 1.807) is 30.3 Å². The second kappa shape index (κ2) is 8.60. The van der Waals surface area contributed by atoms with Crippen molar-refractivity contribution in [1.82, 2.24) is 5.32 Å². The van der Waals surface area contributed by atoms with Crippen LogP contribution < -0.4 is 15.0 Å². The quantitative estimate of drug-likeness (QED) is 0.412. The Bertz CT molecular complexity index is 1070. The first-order valence-corrected chi connectivity index (χ1v) is 9.25. The van der Waals surface area contributed by atoms with Gasteiger partial charge < -0.3 is 9.84 Å². The van der Waals surface area contributed by atoms with Crippen LogP contribution in [-0.4, -0.2) is 34.6 Å². The maximum absolute atomic E-state index is 13.1. The van der Waals surface area contributed by atoms with E-state index in [4.69, 9.17) is 45.3 Å². The first-order chi connectivity index (χ1) is 13.8. The van der Waals surface area contributed by atoms with Gasteiger partial charge in [-0.3, -0.25) is 19.8 Å². The Kier molecular flexibility index (Phi) is 6.17. The number of carboxylic acids is 1. The van der Waals surface area contributed by atoms with E-state index in [0.717, 1.165) is 4.90 Å². The van der Waals surface area contributed by atoms with Crippen LogP contribution in [0.4, 0.5) is 5.69 Å². The highest BCUT2D eigenvalue weighted by molar-refractivity contribution is 7.80. The number of hydrogen-bond donors (Lipinski definition) is 2. The summed E-state index contributed by atoms with van der Waals surface area (Å²) < 4.78 is 5.21. The summed E-state index contributed by atoms with van der Waals surface area (Å²) in [6.45, 7) is -0.575. The number of anilines is 1. The maximum Gasteiger partial charge on any atom is 0.341 e. The monoisotopic (exact) mass is 450 g/mol. The zero-order valence-corrected chi connectivity index (χ0v) is 16.8. The van der Waals surface area contributed by atoms with Crippen LogP contribution in [0.1, 0.15) is 5.56 Å². The number of nitrogens with zero attached hydrogens (tertiary/aromatic N) is 1. The van der Waals surface area contributed by atoms with Crippen molar-refractivity contribution in [1.29, 1.82) is 0 Å². The first kappa shape index (κ1) is 20.8. The van der Waals surface area contributed by atoms with Gasteiger partial charge in [-0.2, -0.15) is 0 Å². The highest BCUT2D eigenvalue weighted by atomic mass is 35.5. The zero-order valence-electron chi connectivity index (χ0n) is 14.5. The van der Waals surface area contributed by atoms with Crippen molar-refractivity contribution in [2.24, 2.45) is 0 Å². The predicted octanol–water partition coefficient (Wildman–Crippen LogP) is 3.29. The molecule has 0 aromatic heterocycles. The largest absolute Gasteiger partial charge is 0.481 e. The Hall–Kier alpha value is -2.94. The SMILES string of the molecule is O=C(O)COc1ccccc1/C=C1\C(=O)NC(=S)N(c2cccc(Cl)c2Cl)C1=O. The number of amides is 2. The molecule has 1 fully saturated rings. The number of halogens is 2. The van der Waals surface area contributed by atoms with E-state index in [-0.39, 0.29) is 32.2 Å². The molecule has 0 radical (unpaired) electrons. The number of carbonyl (C=O) groups is 3. The molecule has 29 heavy (non-hydrogen) atoms. The topological polar surface area (TPSA) is 95.9 Å². The molecule has 148 valence electrons. The molecule has 2 aromatic carbocycles. The summed E-state index contributed by atoms with van der Waals surface area (Å²) in [4.78, 5) is 37.3. The van der Waals surface area contributed by atoms with E-state index >= 15 is 0 Å².